The summed E-state index contributed by atoms with van der Waals surface area (Å²) in [5.41, 5.74) is 1.92. The zero-order valence-corrected chi connectivity index (χ0v) is 6.83. The van der Waals surface area contributed by atoms with Crippen molar-refractivity contribution >= 4 is 0 Å². The maximum Gasteiger partial charge on any atom is 0.231 e. The van der Waals surface area contributed by atoms with Gasteiger partial charge in [-0.1, -0.05) is 0 Å². The van der Waals surface area contributed by atoms with E-state index in [1.807, 2.05) is 19.1 Å². The molecule has 12 heavy (non-hydrogen) atoms. The Labute approximate surface area is 70.5 Å². The van der Waals surface area contributed by atoms with E-state index in [1.54, 1.807) is 0 Å². The molecule has 0 aliphatic carbocycles. The number of rotatable bonds is 1. The summed E-state index contributed by atoms with van der Waals surface area (Å²) in [5.74, 6) is 1.49. The van der Waals surface area contributed by atoms with E-state index in [0.717, 1.165) is 22.6 Å². The van der Waals surface area contributed by atoms with E-state index in [0.29, 0.717) is 0 Å². The minimum Gasteiger partial charge on any atom is -0.454 e. The zero-order valence-electron chi connectivity index (χ0n) is 6.83. The second-order valence-corrected chi connectivity index (χ2v) is 2.79. The van der Waals surface area contributed by atoms with E-state index in [-0.39, 0.29) is 13.4 Å². The molecule has 1 aliphatic heterocycles. The van der Waals surface area contributed by atoms with Gasteiger partial charge in [-0.2, -0.15) is 0 Å². The average Bonchev–Trinajstić information content (AvgIpc) is 2.49. The van der Waals surface area contributed by atoms with Crippen LogP contribution in [0.25, 0.3) is 0 Å². The zero-order chi connectivity index (χ0) is 8.55. The second kappa shape index (κ2) is 2.68. The molecule has 64 valence electrons. The Bertz CT molecular complexity index is 306. The van der Waals surface area contributed by atoms with Crippen molar-refractivity contribution in [2.75, 3.05) is 6.79 Å². The van der Waals surface area contributed by atoms with Crippen LogP contribution in [0.2, 0.25) is 0 Å². The van der Waals surface area contributed by atoms with E-state index in [1.165, 1.54) is 0 Å². The van der Waals surface area contributed by atoms with Gasteiger partial charge in [-0.3, -0.25) is 0 Å². The summed E-state index contributed by atoms with van der Waals surface area (Å²) in [4.78, 5) is 0. The van der Waals surface area contributed by atoms with Crippen LogP contribution >= 0.6 is 0 Å². The lowest BCUT2D eigenvalue weighted by Gasteiger charge is -2.03. The molecule has 1 heterocycles. The molecule has 2 rings (SSSR count). The van der Waals surface area contributed by atoms with Crippen molar-refractivity contribution in [3.05, 3.63) is 23.3 Å². The molecule has 0 saturated carbocycles. The van der Waals surface area contributed by atoms with Crippen LogP contribution in [0.5, 0.6) is 11.5 Å². The first-order valence-electron chi connectivity index (χ1n) is 3.81. The van der Waals surface area contributed by atoms with Gasteiger partial charge in [0.25, 0.3) is 0 Å². The highest BCUT2D eigenvalue weighted by atomic mass is 16.7. The predicted octanol–water partition coefficient (Wildman–Crippen LogP) is 1.22. The van der Waals surface area contributed by atoms with Crippen molar-refractivity contribution < 1.29 is 14.6 Å². The first-order valence-corrected chi connectivity index (χ1v) is 3.81. The number of aliphatic hydroxyl groups excluding tert-OH is 1. The minimum absolute atomic E-state index is 0.0441. The molecule has 0 spiro atoms. The van der Waals surface area contributed by atoms with Crippen LogP contribution in [-0.4, -0.2) is 11.9 Å². The van der Waals surface area contributed by atoms with Crippen LogP contribution in [0, 0.1) is 6.92 Å². The third kappa shape index (κ3) is 1.02. The van der Waals surface area contributed by atoms with Crippen LogP contribution in [0.3, 0.4) is 0 Å². The van der Waals surface area contributed by atoms with Crippen molar-refractivity contribution in [2.45, 2.75) is 13.5 Å². The summed E-state index contributed by atoms with van der Waals surface area (Å²) >= 11 is 0. The lowest BCUT2D eigenvalue weighted by Crippen LogP contribution is -1.92. The number of aliphatic hydroxyl groups is 1. The summed E-state index contributed by atoms with van der Waals surface area (Å²) in [5, 5.41) is 8.95. The van der Waals surface area contributed by atoms with Gasteiger partial charge in [0.05, 0.1) is 6.61 Å². The van der Waals surface area contributed by atoms with Gasteiger partial charge in [0.2, 0.25) is 6.79 Å². The molecule has 3 nitrogen and oxygen atoms in total. The number of fused-ring (bicyclic) bond motifs is 1. The Morgan fingerprint density at radius 3 is 2.67 bits per heavy atom. The van der Waals surface area contributed by atoms with Crippen molar-refractivity contribution in [1.29, 1.82) is 0 Å². The monoisotopic (exact) mass is 166 g/mol. The molecule has 0 atom stereocenters. The van der Waals surface area contributed by atoms with Gasteiger partial charge in [0, 0.05) is 0 Å². The van der Waals surface area contributed by atoms with Gasteiger partial charge in [-0.15, -0.1) is 0 Å². The lowest BCUT2D eigenvalue weighted by molar-refractivity contribution is 0.174. The molecule has 0 radical (unpaired) electrons. The Morgan fingerprint density at radius 1 is 1.33 bits per heavy atom. The Kier molecular flexibility index (Phi) is 1.66. The molecule has 0 saturated heterocycles. The van der Waals surface area contributed by atoms with Crippen LogP contribution in [-0.2, 0) is 6.61 Å². The number of benzene rings is 1. The van der Waals surface area contributed by atoms with Gasteiger partial charge in [-0.25, -0.2) is 0 Å². The molecule has 0 amide bonds. The molecule has 1 aromatic carbocycles. The minimum atomic E-state index is 0.0441. The third-order valence-corrected chi connectivity index (χ3v) is 2.00. The summed E-state index contributed by atoms with van der Waals surface area (Å²) in [6, 6.07) is 3.70. The highest BCUT2D eigenvalue weighted by Crippen LogP contribution is 2.34. The summed E-state index contributed by atoms with van der Waals surface area (Å²) in [6.07, 6.45) is 0. The summed E-state index contributed by atoms with van der Waals surface area (Å²) in [7, 11) is 0. The van der Waals surface area contributed by atoms with E-state index in [2.05, 4.69) is 0 Å². The van der Waals surface area contributed by atoms with Crippen molar-refractivity contribution in [3.63, 3.8) is 0 Å². The van der Waals surface area contributed by atoms with Gasteiger partial charge in [-0.05, 0) is 30.2 Å². The normalized spacial score (nSPS) is 13.5. The molecule has 0 aromatic heterocycles. The second-order valence-electron chi connectivity index (χ2n) is 2.79. The van der Waals surface area contributed by atoms with Gasteiger partial charge >= 0.3 is 0 Å². The van der Waals surface area contributed by atoms with E-state index >= 15 is 0 Å². The maximum atomic E-state index is 8.95. The third-order valence-electron chi connectivity index (χ3n) is 2.00. The Balaban J connectivity index is 2.49. The highest BCUT2D eigenvalue weighted by Gasteiger charge is 2.14. The largest absolute Gasteiger partial charge is 0.454 e. The molecule has 0 bridgehead atoms. The standard InChI is InChI=1S/C9H10O3/c1-6-2-8-9(12-5-11-8)3-7(6)4-10/h2-3,10H,4-5H2,1H3. The molecular formula is C9H10O3. The quantitative estimate of drug-likeness (QED) is 0.681. The first-order chi connectivity index (χ1) is 5.81. The Hall–Kier alpha value is -1.22. The molecule has 1 aromatic rings. The highest BCUT2D eigenvalue weighted by molar-refractivity contribution is 5.48. The van der Waals surface area contributed by atoms with Crippen LogP contribution < -0.4 is 9.47 Å². The fourth-order valence-corrected chi connectivity index (χ4v) is 1.26. The molecule has 3 heteroatoms. The van der Waals surface area contributed by atoms with E-state index < -0.39 is 0 Å². The fraction of sp³-hybridized carbons (Fsp3) is 0.333. The fourth-order valence-electron chi connectivity index (χ4n) is 1.26. The molecular weight excluding hydrogens is 156 g/mol. The molecule has 0 fully saturated rings. The van der Waals surface area contributed by atoms with Gasteiger partial charge < -0.3 is 14.6 Å². The van der Waals surface area contributed by atoms with E-state index in [4.69, 9.17) is 14.6 Å². The maximum absolute atomic E-state index is 8.95. The van der Waals surface area contributed by atoms with Crippen LogP contribution in [0.15, 0.2) is 12.1 Å². The lowest BCUT2D eigenvalue weighted by atomic mass is 10.1. The number of hydrogen-bond donors (Lipinski definition) is 1. The predicted molar refractivity (Wildman–Crippen MR) is 43.2 cm³/mol. The SMILES string of the molecule is Cc1cc2c(cc1CO)OCO2. The number of aryl methyl sites for hydroxylation is 1. The summed E-state index contributed by atoms with van der Waals surface area (Å²) in [6.45, 7) is 2.26. The van der Waals surface area contributed by atoms with Crippen LogP contribution in [0.4, 0.5) is 0 Å². The first kappa shape index (κ1) is 7.43. The Morgan fingerprint density at radius 2 is 2.00 bits per heavy atom. The van der Waals surface area contributed by atoms with Crippen molar-refractivity contribution in [1.82, 2.24) is 0 Å². The van der Waals surface area contributed by atoms with Gasteiger partial charge in [0.15, 0.2) is 11.5 Å². The number of hydrogen-bond acceptors (Lipinski definition) is 3. The topological polar surface area (TPSA) is 38.7 Å². The molecule has 0 unspecified atom stereocenters. The van der Waals surface area contributed by atoms with Crippen molar-refractivity contribution in [2.24, 2.45) is 0 Å². The van der Waals surface area contributed by atoms with E-state index in [9.17, 15) is 0 Å². The molecule has 1 N–H and O–H groups in total. The molecule has 1 aliphatic rings. The average molecular weight is 166 g/mol. The van der Waals surface area contributed by atoms with Gasteiger partial charge in [0.1, 0.15) is 0 Å². The smallest absolute Gasteiger partial charge is 0.231 e. The number of ether oxygens (including phenoxy) is 2. The summed E-state index contributed by atoms with van der Waals surface area (Å²) < 4.78 is 10.3. The van der Waals surface area contributed by atoms with Crippen molar-refractivity contribution in [3.8, 4) is 11.5 Å². The van der Waals surface area contributed by atoms with Crippen LogP contribution in [0.1, 0.15) is 11.1 Å².